The molecule has 0 saturated carbocycles. The largest absolute Gasteiger partial charge is 0.384 e. The van der Waals surface area contributed by atoms with Crippen LogP contribution >= 0.6 is 11.5 Å². The first-order valence-corrected chi connectivity index (χ1v) is 8.93. The number of benzene rings is 1. The average molecular weight is 346 g/mol. The molecule has 2 aromatic rings. The van der Waals surface area contributed by atoms with E-state index in [1.807, 2.05) is 4.90 Å². The van der Waals surface area contributed by atoms with Gasteiger partial charge < -0.3 is 15.0 Å². The second kappa shape index (κ2) is 8.21. The summed E-state index contributed by atoms with van der Waals surface area (Å²) < 4.78 is 9.32. The summed E-state index contributed by atoms with van der Waals surface area (Å²) in [5.74, 6) is 1.08. The number of nitrogens with one attached hydrogen (secondary N) is 1. The molecule has 0 unspecified atom stereocenters. The smallest absolute Gasteiger partial charge is 0.222 e. The first-order chi connectivity index (χ1) is 11.7. The van der Waals surface area contributed by atoms with Crippen LogP contribution in [0.15, 0.2) is 24.3 Å². The third-order valence-electron chi connectivity index (χ3n) is 4.01. The molecule has 6 nitrogen and oxygen atoms in total. The third-order valence-corrected chi connectivity index (χ3v) is 4.72. The van der Waals surface area contributed by atoms with Gasteiger partial charge in [0.2, 0.25) is 11.0 Å². The number of methoxy groups -OCH3 is 1. The molecular weight excluding hydrogens is 324 g/mol. The van der Waals surface area contributed by atoms with Gasteiger partial charge >= 0.3 is 0 Å². The van der Waals surface area contributed by atoms with Crippen LogP contribution in [0.1, 0.15) is 29.8 Å². The van der Waals surface area contributed by atoms with E-state index in [1.54, 1.807) is 7.11 Å². The highest BCUT2D eigenvalue weighted by molar-refractivity contribution is 7.09. The molecule has 1 aliphatic rings. The fraction of sp³-hybridized carbons (Fsp3) is 0.471. The maximum Gasteiger partial charge on any atom is 0.222 e. The first kappa shape index (κ1) is 16.9. The van der Waals surface area contributed by atoms with Gasteiger partial charge in [-0.3, -0.25) is 4.79 Å². The van der Waals surface area contributed by atoms with E-state index in [-0.39, 0.29) is 5.91 Å². The van der Waals surface area contributed by atoms with Crippen molar-refractivity contribution in [2.24, 2.45) is 0 Å². The minimum Gasteiger partial charge on any atom is -0.384 e. The quantitative estimate of drug-likeness (QED) is 0.795. The second-order valence-electron chi connectivity index (χ2n) is 5.85. The van der Waals surface area contributed by atoms with Crippen molar-refractivity contribution < 1.29 is 9.53 Å². The average Bonchev–Trinajstić information content (AvgIpc) is 3.22. The van der Waals surface area contributed by atoms with Crippen molar-refractivity contribution in [2.75, 3.05) is 25.6 Å². The minimum atomic E-state index is 0.265. The molecule has 128 valence electrons. The summed E-state index contributed by atoms with van der Waals surface area (Å²) in [4.78, 5) is 18.0. The van der Waals surface area contributed by atoms with Gasteiger partial charge in [-0.25, -0.2) is 4.98 Å². The van der Waals surface area contributed by atoms with E-state index < -0.39 is 0 Å². The normalized spacial score (nSPS) is 14.4. The Morgan fingerprint density at radius 1 is 1.29 bits per heavy atom. The number of hydrogen-bond acceptors (Lipinski definition) is 6. The van der Waals surface area contributed by atoms with Crippen LogP contribution in [0.4, 0.5) is 5.13 Å². The van der Waals surface area contributed by atoms with Crippen molar-refractivity contribution >= 4 is 22.6 Å². The summed E-state index contributed by atoms with van der Waals surface area (Å²) in [5, 5.41) is 4.12. The minimum absolute atomic E-state index is 0.265. The molecule has 3 rings (SSSR count). The highest BCUT2D eigenvalue weighted by Crippen LogP contribution is 2.16. The summed E-state index contributed by atoms with van der Waals surface area (Å²) in [6, 6.07) is 8.37. The molecule has 0 radical (unpaired) electrons. The van der Waals surface area contributed by atoms with E-state index in [4.69, 9.17) is 4.74 Å². The molecule has 24 heavy (non-hydrogen) atoms. The maximum atomic E-state index is 11.7. The van der Waals surface area contributed by atoms with Gasteiger partial charge in [-0.2, -0.15) is 4.37 Å². The van der Waals surface area contributed by atoms with E-state index in [0.29, 0.717) is 26.1 Å². The van der Waals surface area contributed by atoms with Crippen LogP contribution in [0.5, 0.6) is 0 Å². The number of ether oxygens (including phenoxy) is 1. The van der Waals surface area contributed by atoms with Gasteiger partial charge in [0.1, 0.15) is 5.82 Å². The highest BCUT2D eigenvalue weighted by atomic mass is 32.1. The van der Waals surface area contributed by atoms with E-state index >= 15 is 0 Å². The Morgan fingerprint density at radius 3 is 2.79 bits per heavy atom. The number of nitrogens with zero attached hydrogens (tertiary/aromatic N) is 3. The van der Waals surface area contributed by atoms with Gasteiger partial charge in [0, 0.05) is 51.1 Å². The zero-order valence-electron chi connectivity index (χ0n) is 13.8. The van der Waals surface area contributed by atoms with Crippen molar-refractivity contribution in [3.05, 3.63) is 41.2 Å². The molecule has 2 heterocycles. The summed E-state index contributed by atoms with van der Waals surface area (Å²) >= 11 is 1.37. The third kappa shape index (κ3) is 4.52. The lowest BCUT2D eigenvalue weighted by molar-refractivity contribution is -0.128. The molecule has 1 aliphatic heterocycles. The van der Waals surface area contributed by atoms with Crippen LogP contribution in [-0.2, 0) is 29.0 Å². The van der Waals surface area contributed by atoms with Crippen molar-refractivity contribution in [3.63, 3.8) is 0 Å². The Kier molecular flexibility index (Phi) is 5.77. The van der Waals surface area contributed by atoms with Gasteiger partial charge in [0.05, 0.1) is 6.61 Å². The number of amides is 1. The number of carbonyl (C=O) groups is 1. The number of aromatic nitrogens is 2. The molecule has 1 saturated heterocycles. The van der Waals surface area contributed by atoms with Crippen LogP contribution in [0.2, 0.25) is 0 Å². The molecule has 1 N–H and O–H groups in total. The Morgan fingerprint density at radius 2 is 2.08 bits per heavy atom. The predicted octanol–water partition coefficient (Wildman–Crippen LogP) is 2.46. The molecule has 0 atom stereocenters. The van der Waals surface area contributed by atoms with Crippen molar-refractivity contribution in [2.45, 2.75) is 32.4 Å². The van der Waals surface area contributed by atoms with Crippen molar-refractivity contribution in [1.82, 2.24) is 14.3 Å². The summed E-state index contributed by atoms with van der Waals surface area (Å²) in [7, 11) is 1.68. The van der Waals surface area contributed by atoms with Gasteiger partial charge in [0.25, 0.3) is 0 Å². The van der Waals surface area contributed by atoms with E-state index in [2.05, 4.69) is 38.9 Å². The zero-order valence-corrected chi connectivity index (χ0v) is 14.6. The molecule has 1 amide bonds. The number of likely N-dealkylation sites (tertiary alicyclic amines) is 1. The van der Waals surface area contributed by atoms with Crippen LogP contribution in [0.25, 0.3) is 0 Å². The molecule has 0 aliphatic carbocycles. The van der Waals surface area contributed by atoms with E-state index in [1.165, 1.54) is 22.7 Å². The SMILES string of the molecule is COCCc1nsc(NCc2ccc(CN3CCCC3=O)cc2)n1. The van der Waals surface area contributed by atoms with Crippen LogP contribution in [0, 0.1) is 0 Å². The standard InChI is InChI=1S/C17H22N4O2S/c1-23-10-8-15-19-17(24-20-15)18-11-13-4-6-14(7-5-13)12-21-9-2-3-16(21)22/h4-7H,2-3,8-12H2,1H3,(H,18,19,20). The monoisotopic (exact) mass is 346 g/mol. The lowest BCUT2D eigenvalue weighted by atomic mass is 10.1. The van der Waals surface area contributed by atoms with Crippen LogP contribution in [-0.4, -0.2) is 40.4 Å². The molecule has 7 heteroatoms. The summed E-state index contributed by atoms with van der Waals surface area (Å²) in [6.07, 6.45) is 2.41. The molecule has 0 spiro atoms. The molecular formula is C17H22N4O2S. The number of rotatable bonds is 8. The zero-order chi connectivity index (χ0) is 16.8. The fourth-order valence-electron chi connectivity index (χ4n) is 2.65. The Labute approximate surface area is 146 Å². The van der Waals surface area contributed by atoms with E-state index in [9.17, 15) is 4.79 Å². The number of hydrogen-bond donors (Lipinski definition) is 1. The van der Waals surface area contributed by atoms with Crippen LogP contribution in [0.3, 0.4) is 0 Å². The van der Waals surface area contributed by atoms with Gasteiger partial charge in [0.15, 0.2) is 0 Å². The predicted molar refractivity (Wildman–Crippen MR) is 93.9 cm³/mol. The second-order valence-corrected chi connectivity index (χ2v) is 6.60. The van der Waals surface area contributed by atoms with Gasteiger partial charge in [-0.1, -0.05) is 24.3 Å². The number of carbonyl (C=O) groups excluding carboxylic acids is 1. The molecule has 1 aromatic heterocycles. The molecule has 0 bridgehead atoms. The molecule has 1 fully saturated rings. The lowest BCUT2D eigenvalue weighted by Gasteiger charge is -2.15. The lowest BCUT2D eigenvalue weighted by Crippen LogP contribution is -2.23. The van der Waals surface area contributed by atoms with Gasteiger partial charge in [-0.05, 0) is 17.5 Å². The first-order valence-electron chi connectivity index (χ1n) is 8.15. The fourth-order valence-corrected chi connectivity index (χ4v) is 3.26. The van der Waals surface area contributed by atoms with Crippen molar-refractivity contribution in [3.8, 4) is 0 Å². The summed E-state index contributed by atoms with van der Waals surface area (Å²) in [6.45, 7) is 2.94. The molecule has 1 aromatic carbocycles. The Hall–Kier alpha value is -1.99. The Bertz CT molecular complexity index is 671. The Balaban J connectivity index is 1.49. The topological polar surface area (TPSA) is 67.3 Å². The number of anilines is 1. The summed E-state index contributed by atoms with van der Waals surface area (Å²) in [5.41, 5.74) is 2.35. The van der Waals surface area contributed by atoms with E-state index in [0.717, 1.165) is 30.3 Å². The van der Waals surface area contributed by atoms with Gasteiger partial charge in [-0.15, -0.1) is 0 Å². The maximum absolute atomic E-state index is 11.7. The van der Waals surface area contributed by atoms with Crippen molar-refractivity contribution in [1.29, 1.82) is 0 Å². The highest BCUT2D eigenvalue weighted by Gasteiger charge is 2.19. The van der Waals surface area contributed by atoms with Crippen LogP contribution < -0.4 is 5.32 Å².